The maximum Gasteiger partial charge on any atom is 0.123 e. The van der Waals surface area contributed by atoms with Crippen molar-refractivity contribution < 1.29 is 4.39 Å². The fourth-order valence-corrected chi connectivity index (χ4v) is 1.84. The minimum atomic E-state index is -0.256. The zero-order valence-corrected chi connectivity index (χ0v) is 9.47. The molecule has 3 nitrogen and oxygen atoms in total. The van der Waals surface area contributed by atoms with E-state index in [0.717, 1.165) is 22.5 Å². The van der Waals surface area contributed by atoms with Gasteiger partial charge < -0.3 is 0 Å². The molecule has 2 aromatic heterocycles. The third-order valence-corrected chi connectivity index (χ3v) is 2.70. The first-order valence-corrected chi connectivity index (χ1v) is 5.56. The number of benzene rings is 1. The molecule has 0 radical (unpaired) electrons. The van der Waals surface area contributed by atoms with E-state index in [1.807, 2.05) is 18.2 Å². The maximum atomic E-state index is 12.9. The summed E-state index contributed by atoms with van der Waals surface area (Å²) < 4.78 is 12.9. The molecular weight excluding hydrogens is 229 g/mol. The molecule has 0 bridgehead atoms. The Kier molecular flexibility index (Phi) is 2.61. The fraction of sp³-hybridized carbons (Fsp3) is 0. The zero-order valence-electron chi connectivity index (χ0n) is 9.47. The maximum absolute atomic E-state index is 12.9. The molecule has 1 aromatic carbocycles. The molecule has 0 spiro atoms. The van der Waals surface area contributed by atoms with Gasteiger partial charge in [-0.05, 0) is 36.4 Å². The van der Waals surface area contributed by atoms with Crippen molar-refractivity contribution in [3.05, 3.63) is 60.7 Å². The second-order valence-corrected chi connectivity index (χ2v) is 3.87. The molecular formula is C14H10FN3. The van der Waals surface area contributed by atoms with E-state index < -0.39 is 0 Å². The van der Waals surface area contributed by atoms with Gasteiger partial charge in [-0.3, -0.25) is 10.1 Å². The predicted molar refractivity (Wildman–Crippen MR) is 67.2 cm³/mol. The highest BCUT2D eigenvalue weighted by atomic mass is 19.1. The van der Waals surface area contributed by atoms with E-state index in [0.29, 0.717) is 0 Å². The molecule has 3 aromatic rings. The Morgan fingerprint density at radius 3 is 2.56 bits per heavy atom. The molecule has 0 atom stereocenters. The van der Waals surface area contributed by atoms with E-state index in [2.05, 4.69) is 15.2 Å². The summed E-state index contributed by atoms with van der Waals surface area (Å²) in [5, 5.41) is 7.03. The molecule has 3 rings (SSSR count). The summed E-state index contributed by atoms with van der Waals surface area (Å²) >= 11 is 0. The SMILES string of the molecule is Fc1ccc(-c2n[nH]cc2-c2ccccn2)cc1. The van der Waals surface area contributed by atoms with Gasteiger partial charge in [0.2, 0.25) is 0 Å². The molecule has 0 aliphatic carbocycles. The van der Waals surface area contributed by atoms with Crippen LogP contribution in [0.2, 0.25) is 0 Å². The molecule has 1 N–H and O–H groups in total. The van der Waals surface area contributed by atoms with Crippen molar-refractivity contribution in [2.75, 3.05) is 0 Å². The third-order valence-electron chi connectivity index (χ3n) is 2.70. The van der Waals surface area contributed by atoms with Gasteiger partial charge >= 0.3 is 0 Å². The summed E-state index contributed by atoms with van der Waals surface area (Å²) in [4.78, 5) is 4.29. The van der Waals surface area contributed by atoms with Crippen LogP contribution in [-0.4, -0.2) is 15.2 Å². The zero-order chi connectivity index (χ0) is 12.4. The topological polar surface area (TPSA) is 41.6 Å². The van der Waals surface area contributed by atoms with E-state index in [1.165, 1.54) is 12.1 Å². The number of rotatable bonds is 2. The van der Waals surface area contributed by atoms with Crippen molar-refractivity contribution in [3.8, 4) is 22.5 Å². The lowest BCUT2D eigenvalue weighted by Gasteiger charge is -2.01. The first kappa shape index (κ1) is 10.7. The minimum absolute atomic E-state index is 0.256. The normalized spacial score (nSPS) is 10.5. The Hall–Kier alpha value is -2.49. The smallest absolute Gasteiger partial charge is 0.123 e. The molecule has 2 heterocycles. The van der Waals surface area contributed by atoms with Gasteiger partial charge in [0.1, 0.15) is 11.5 Å². The highest BCUT2D eigenvalue weighted by molar-refractivity contribution is 5.78. The predicted octanol–water partition coefficient (Wildman–Crippen LogP) is 3.28. The van der Waals surface area contributed by atoms with Gasteiger partial charge in [0, 0.05) is 23.5 Å². The molecule has 0 fully saturated rings. The van der Waals surface area contributed by atoms with Crippen molar-refractivity contribution in [2.24, 2.45) is 0 Å². The molecule has 0 saturated carbocycles. The third kappa shape index (κ3) is 1.88. The first-order chi connectivity index (χ1) is 8.84. The molecule has 0 aliphatic rings. The van der Waals surface area contributed by atoms with Crippen LogP contribution in [0.5, 0.6) is 0 Å². The van der Waals surface area contributed by atoms with E-state index in [9.17, 15) is 4.39 Å². The van der Waals surface area contributed by atoms with Gasteiger partial charge in [0.25, 0.3) is 0 Å². The van der Waals surface area contributed by atoms with Crippen LogP contribution in [-0.2, 0) is 0 Å². The standard InChI is InChI=1S/C14H10FN3/c15-11-6-4-10(5-7-11)14-12(9-17-18-14)13-3-1-2-8-16-13/h1-9H,(H,17,18). The fourth-order valence-electron chi connectivity index (χ4n) is 1.84. The molecule has 88 valence electrons. The summed E-state index contributed by atoms with van der Waals surface area (Å²) in [5.74, 6) is -0.256. The van der Waals surface area contributed by atoms with Gasteiger partial charge in [-0.2, -0.15) is 5.10 Å². The lowest BCUT2D eigenvalue weighted by molar-refractivity contribution is 0.628. The first-order valence-electron chi connectivity index (χ1n) is 5.56. The second kappa shape index (κ2) is 4.41. The van der Waals surface area contributed by atoms with Gasteiger partial charge in [0.05, 0.1) is 5.69 Å². The molecule has 0 unspecified atom stereocenters. The summed E-state index contributed by atoms with van der Waals surface area (Å²) in [5.41, 5.74) is 3.37. The Balaban J connectivity index is 2.10. The summed E-state index contributed by atoms with van der Waals surface area (Å²) in [6, 6.07) is 12.0. The number of hydrogen-bond acceptors (Lipinski definition) is 2. The molecule has 18 heavy (non-hydrogen) atoms. The number of H-pyrrole nitrogens is 1. The van der Waals surface area contributed by atoms with Gasteiger partial charge in [-0.15, -0.1) is 0 Å². The highest BCUT2D eigenvalue weighted by Crippen LogP contribution is 2.28. The number of aromatic nitrogens is 3. The van der Waals surface area contributed by atoms with Crippen LogP contribution in [0.25, 0.3) is 22.5 Å². The Labute approximate surface area is 103 Å². The number of hydrogen-bond donors (Lipinski definition) is 1. The number of halogens is 1. The van der Waals surface area contributed by atoms with E-state index in [4.69, 9.17) is 0 Å². The van der Waals surface area contributed by atoms with Crippen LogP contribution >= 0.6 is 0 Å². The van der Waals surface area contributed by atoms with E-state index in [1.54, 1.807) is 24.5 Å². The van der Waals surface area contributed by atoms with Crippen molar-refractivity contribution in [3.63, 3.8) is 0 Å². The van der Waals surface area contributed by atoms with Gasteiger partial charge in [-0.1, -0.05) is 6.07 Å². The van der Waals surface area contributed by atoms with Crippen molar-refractivity contribution in [2.45, 2.75) is 0 Å². The monoisotopic (exact) mass is 239 g/mol. The molecule has 0 amide bonds. The molecule has 0 aliphatic heterocycles. The number of pyridine rings is 1. The molecule has 0 saturated heterocycles. The number of nitrogens with one attached hydrogen (secondary N) is 1. The van der Waals surface area contributed by atoms with Crippen LogP contribution in [0, 0.1) is 5.82 Å². The quantitative estimate of drug-likeness (QED) is 0.745. The molecule has 4 heteroatoms. The lowest BCUT2D eigenvalue weighted by atomic mass is 10.1. The van der Waals surface area contributed by atoms with Crippen LogP contribution in [0.1, 0.15) is 0 Å². The van der Waals surface area contributed by atoms with Gasteiger partial charge in [-0.25, -0.2) is 4.39 Å². The highest BCUT2D eigenvalue weighted by Gasteiger charge is 2.10. The van der Waals surface area contributed by atoms with Crippen molar-refractivity contribution in [1.82, 2.24) is 15.2 Å². The van der Waals surface area contributed by atoms with Crippen molar-refractivity contribution in [1.29, 1.82) is 0 Å². The number of aromatic amines is 1. The Morgan fingerprint density at radius 1 is 1.00 bits per heavy atom. The average Bonchev–Trinajstić information content (AvgIpc) is 2.90. The van der Waals surface area contributed by atoms with E-state index in [-0.39, 0.29) is 5.82 Å². The second-order valence-electron chi connectivity index (χ2n) is 3.87. The van der Waals surface area contributed by atoms with Gasteiger partial charge in [0.15, 0.2) is 0 Å². The lowest BCUT2D eigenvalue weighted by Crippen LogP contribution is -1.85. The average molecular weight is 239 g/mol. The summed E-state index contributed by atoms with van der Waals surface area (Å²) in [6.07, 6.45) is 3.53. The van der Waals surface area contributed by atoms with E-state index >= 15 is 0 Å². The van der Waals surface area contributed by atoms with Crippen LogP contribution in [0.4, 0.5) is 4.39 Å². The van der Waals surface area contributed by atoms with Crippen molar-refractivity contribution >= 4 is 0 Å². The van der Waals surface area contributed by atoms with Crippen LogP contribution < -0.4 is 0 Å². The van der Waals surface area contributed by atoms with Crippen LogP contribution in [0.3, 0.4) is 0 Å². The number of nitrogens with zero attached hydrogens (tertiary/aromatic N) is 2. The Bertz CT molecular complexity index is 644. The summed E-state index contributed by atoms with van der Waals surface area (Å²) in [6.45, 7) is 0. The van der Waals surface area contributed by atoms with Crippen LogP contribution in [0.15, 0.2) is 54.9 Å². The minimum Gasteiger partial charge on any atom is -0.284 e. The largest absolute Gasteiger partial charge is 0.284 e. The summed E-state index contributed by atoms with van der Waals surface area (Å²) in [7, 11) is 0. The Morgan fingerprint density at radius 2 is 1.83 bits per heavy atom.